The molecule has 1 aromatic rings. The molecular formula is C22H33N3O6S. The third-order valence-electron chi connectivity index (χ3n) is 5.75. The van der Waals surface area contributed by atoms with Gasteiger partial charge >= 0.3 is 5.97 Å². The summed E-state index contributed by atoms with van der Waals surface area (Å²) in [5.74, 6) is 0.0612. The minimum absolute atomic E-state index is 0.00509. The number of piperidine rings is 1. The number of nitrogens with zero attached hydrogens (tertiary/aromatic N) is 1. The van der Waals surface area contributed by atoms with E-state index in [1.54, 1.807) is 0 Å². The van der Waals surface area contributed by atoms with Crippen molar-refractivity contribution in [2.75, 3.05) is 25.4 Å². The van der Waals surface area contributed by atoms with Crippen molar-refractivity contribution in [1.82, 2.24) is 10.0 Å². The number of hydrogen-bond donors (Lipinski definition) is 3. The monoisotopic (exact) mass is 467 g/mol. The molecule has 2 atom stereocenters. The SMILES string of the molecule is CCCCS(=O)(=O)NC(CC1CC(c2ccc(OCC3CCNCC3)cc2)=NO1)C(=O)O. The van der Waals surface area contributed by atoms with E-state index < -0.39 is 28.1 Å². The van der Waals surface area contributed by atoms with Crippen LogP contribution >= 0.6 is 0 Å². The Morgan fingerprint density at radius 2 is 2.03 bits per heavy atom. The Morgan fingerprint density at radius 1 is 1.31 bits per heavy atom. The molecule has 0 spiro atoms. The molecule has 178 valence electrons. The molecule has 0 aliphatic carbocycles. The predicted molar refractivity (Wildman–Crippen MR) is 121 cm³/mol. The third kappa shape index (κ3) is 7.46. The number of oxime groups is 1. The van der Waals surface area contributed by atoms with E-state index in [2.05, 4.69) is 15.2 Å². The molecule has 2 heterocycles. The van der Waals surface area contributed by atoms with E-state index in [1.165, 1.54) is 0 Å². The fraction of sp³-hybridized carbons (Fsp3) is 0.636. The van der Waals surface area contributed by atoms with Gasteiger partial charge in [-0.3, -0.25) is 4.79 Å². The van der Waals surface area contributed by atoms with Crippen LogP contribution in [0.2, 0.25) is 0 Å². The molecule has 0 amide bonds. The average molecular weight is 468 g/mol. The maximum atomic E-state index is 12.1. The maximum Gasteiger partial charge on any atom is 0.321 e. The van der Waals surface area contributed by atoms with Crippen LogP contribution < -0.4 is 14.8 Å². The summed E-state index contributed by atoms with van der Waals surface area (Å²) in [6.07, 6.45) is 3.35. The van der Waals surface area contributed by atoms with Crippen molar-refractivity contribution >= 4 is 21.7 Å². The first-order chi connectivity index (χ1) is 15.4. The van der Waals surface area contributed by atoms with Gasteiger partial charge in [0.25, 0.3) is 0 Å². The lowest BCUT2D eigenvalue weighted by molar-refractivity contribution is -0.139. The quantitative estimate of drug-likeness (QED) is 0.430. The van der Waals surface area contributed by atoms with E-state index in [4.69, 9.17) is 9.57 Å². The van der Waals surface area contributed by atoms with Gasteiger partial charge in [0.15, 0.2) is 0 Å². The first kappa shape index (κ1) is 24.5. The fourth-order valence-electron chi connectivity index (χ4n) is 3.80. The molecule has 0 radical (unpaired) electrons. The van der Waals surface area contributed by atoms with Crippen LogP contribution in [0.4, 0.5) is 0 Å². The molecule has 1 aromatic carbocycles. The number of benzene rings is 1. The fourth-order valence-corrected chi connectivity index (χ4v) is 5.22. The number of rotatable bonds is 12. The Bertz CT molecular complexity index is 881. The molecule has 0 saturated carbocycles. The van der Waals surface area contributed by atoms with Crippen LogP contribution in [0.1, 0.15) is 51.0 Å². The van der Waals surface area contributed by atoms with Crippen LogP contribution in [-0.2, 0) is 19.7 Å². The second-order valence-corrected chi connectivity index (χ2v) is 10.3. The summed E-state index contributed by atoms with van der Waals surface area (Å²) >= 11 is 0. The highest BCUT2D eigenvalue weighted by Crippen LogP contribution is 2.23. The molecule has 0 aromatic heterocycles. The van der Waals surface area contributed by atoms with Crippen molar-refractivity contribution in [2.24, 2.45) is 11.1 Å². The number of hydrogen-bond acceptors (Lipinski definition) is 7. The van der Waals surface area contributed by atoms with Crippen molar-refractivity contribution in [3.63, 3.8) is 0 Å². The largest absolute Gasteiger partial charge is 0.493 e. The summed E-state index contributed by atoms with van der Waals surface area (Å²) in [4.78, 5) is 17.0. The van der Waals surface area contributed by atoms with Crippen molar-refractivity contribution in [1.29, 1.82) is 0 Å². The van der Waals surface area contributed by atoms with Crippen LogP contribution in [-0.4, -0.2) is 62.8 Å². The summed E-state index contributed by atoms with van der Waals surface area (Å²) in [5.41, 5.74) is 1.58. The van der Waals surface area contributed by atoms with Crippen molar-refractivity contribution in [2.45, 2.75) is 57.6 Å². The van der Waals surface area contributed by atoms with Gasteiger partial charge in [-0.25, -0.2) is 13.1 Å². The first-order valence-corrected chi connectivity index (χ1v) is 12.9. The molecule has 2 aliphatic heterocycles. The number of carbonyl (C=O) groups is 1. The summed E-state index contributed by atoms with van der Waals surface area (Å²) in [6, 6.07) is 6.36. The summed E-state index contributed by atoms with van der Waals surface area (Å²) in [6.45, 7) is 4.66. The van der Waals surface area contributed by atoms with Gasteiger partial charge < -0.3 is 20.0 Å². The van der Waals surface area contributed by atoms with E-state index in [0.717, 1.165) is 37.2 Å². The molecule has 32 heavy (non-hydrogen) atoms. The Hall–Kier alpha value is -2.17. The standard InChI is InChI=1S/C22H33N3O6S/c1-2-3-12-32(28,29)25-21(22(26)27)14-19-13-20(24-31-19)17-4-6-18(7-5-17)30-15-16-8-10-23-11-9-16/h4-7,16,19,21,23,25H,2-3,8-15H2,1H3,(H,26,27). The van der Waals surface area contributed by atoms with Crippen LogP contribution in [0.15, 0.2) is 29.4 Å². The zero-order valence-corrected chi connectivity index (χ0v) is 19.3. The van der Waals surface area contributed by atoms with Gasteiger partial charge in [-0.2, -0.15) is 0 Å². The minimum atomic E-state index is -3.66. The Labute approximate surface area is 189 Å². The molecule has 1 fully saturated rings. The molecule has 2 aliphatic rings. The molecular weight excluding hydrogens is 434 g/mol. The van der Waals surface area contributed by atoms with Crippen molar-refractivity contribution in [3.8, 4) is 5.75 Å². The van der Waals surface area contributed by atoms with Gasteiger partial charge in [0.05, 0.1) is 18.1 Å². The number of carboxylic acids is 1. The average Bonchev–Trinajstić information content (AvgIpc) is 3.25. The number of aliphatic carboxylic acids is 1. The lowest BCUT2D eigenvalue weighted by Gasteiger charge is -2.22. The predicted octanol–water partition coefficient (Wildman–Crippen LogP) is 2.12. The van der Waals surface area contributed by atoms with Gasteiger partial charge in [-0.05, 0) is 68.1 Å². The van der Waals surface area contributed by atoms with Crippen LogP contribution in [0.5, 0.6) is 5.75 Å². The number of ether oxygens (including phenoxy) is 1. The summed E-state index contributed by atoms with van der Waals surface area (Å²) in [7, 11) is -3.66. The van der Waals surface area contributed by atoms with Gasteiger partial charge in [0.1, 0.15) is 17.9 Å². The van der Waals surface area contributed by atoms with E-state index in [9.17, 15) is 18.3 Å². The maximum absolute atomic E-state index is 12.1. The smallest absolute Gasteiger partial charge is 0.321 e. The molecule has 2 unspecified atom stereocenters. The molecule has 3 N–H and O–H groups in total. The second kappa shape index (κ2) is 11.6. The summed E-state index contributed by atoms with van der Waals surface area (Å²) < 4.78 is 32.4. The molecule has 0 bridgehead atoms. The van der Waals surface area contributed by atoms with Crippen molar-refractivity contribution < 1.29 is 27.9 Å². The summed E-state index contributed by atoms with van der Waals surface area (Å²) in [5, 5.41) is 16.9. The van der Waals surface area contributed by atoms with Gasteiger partial charge in [-0.1, -0.05) is 18.5 Å². The van der Waals surface area contributed by atoms with Crippen LogP contribution in [0.3, 0.4) is 0 Å². The number of nitrogens with one attached hydrogen (secondary N) is 2. The second-order valence-electron chi connectivity index (χ2n) is 8.42. The Balaban J connectivity index is 1.49. The van der Waals surface area contributed by atoms with E-state index in [-0.39, 0.29) is 12.2 Å². The van der Waals surface area contributed by atoms with E-state index >= 15 is 0 Å². The topological polar surface area (TPSA) is 126 Å². The van der Waals surface area contributed by atoms with E-state index in [0.29, 0.717) is 37.5 Å². The van der Waals surface area contributed by atoms with Gasteiger partial charge in [0.2, 0.25) is 10.0 Å². The molecule has 3 rings (SSSR count). The first-order valence-electron chi connectivity index (χ1n) is 11.3. The van der Waals surface area contributed by atoms with Gasteiger partial charge in [0, 0.05) is 12.8 Å². The zero-order chi connectivity index (χ0) is 23.0. The van der Waals surface area contributed by atoms with Gasteiger partial charge in [-0.15, -0.1) is 0 Å². The number of sulfonamides is 1. The Kier molecular flexibility index (Phi) is 8.89. The molecule has 1 saturated heterocycles. The molecule has 9 nitrogen and oxygen atoms in total. The van der Waals surface area contributed by atoms with Crippen LogP contribution in [0, 0.1) is 5.92 Å². The number of unbranched alkanes of at least 4 members (excludes halogenated alkanes) is 1. The third-order valence-corrected chi connectivity index (χ3v) is 7.22. The highest BCUT2D eigenvalue weighted by molar-refractivity contribution is 7.89. The minimum Gasteiger partial charge on any atom is -0.493 e. The highest BCUT2D eigenvalue weighted by atomic mass is 32.2. The highest BCUT2D eigenvalue weighted by Gasteiger charge is 2.31. The van der Waals surface area contributed by atoms with Crippen LogP contribution in [0.25, 0.3) is 0 Å². The zero-order valence-electron chi connectivity index (χ0n) is 18.5. The molecule has 10 heteroatoms. The lowest BCUT2D eigenvalue weighted by Crippen LogP contribution is -2.43. The van der Waals surface area contributed by atoms with Crippen molar-refractivity contribution in [3.05, 3.63) is 29.8 Å². The normalized spacial score (nSPS) is 20.4. The Morgan fingerprint density at radius 3 is 2.69 bits per heavy atom. The number of carboxylic acid groups (broad SMARTS) is 1. The van der Waals surface area contributed by atoms with E-state index in [1.807, 2.05) is 31.2 Å². The lowest BCUT2D eigenvalue weighted by atomic mass is 9.99.